The van der Waals surface area contributed by atoms with Crippen molar-refractivity contribution in [3.05, 3.63) is 273 Å². The normalized spacial score (nSPS) is 11.8. The van der Waals surface area contributed by atoms with Gasteiger partial charge < -0.3 is 9.32 Å². The first-order chi connectivity index (χ1) is 34.2. The largest absolute Gasteiger partial charge is 0.455 e. The van der Waals surface area contributed by atoms with Crippen molar-refractivity contribution in [3.63, 3.8) is 0 Å². The Morgan fingerprint density at radius 1 is 0.304 bits per heavy atom. The number of hydrogen-bond donors (Lipinski definition) is 0. The van der Waals surface area contributed by atoms with Crippen LogP contribution in [0.3, 0.4) is 0 Å². The van der Waals surface area contributed by atoms with Crippen LogP contribution in [0.25, 0.3) is 76.5 Å². The second-order valence-electron chi connectivity index (χ2n) is 18.0. The SMILES string of the molecule is c1ccc(-c2ccccc2N(c2ccc(-c3cccc([Si](c4ccccc4)(c4ccccc4)c4cc5ccccc5c5ccccc45)c3)cc2)c2ccc3c(c2)oc2c4ccccc4ccc32)cc1. The van der Waals surface area contributed by atoms with E-state index in [1.54, 1.807) is 0 Å². The van der Waals surface area contributed by atoms with Gasteiger partial charge in [-0.1, -0.05) is 231 Å². The van der Waals surface area contributed by atoms with Crippen LogP contribution in [-0.4, -0.2) is 8.07 Å². The minimum absolute atomic E-state index is 0.859. The van der Waals surface area contributed by atoms with Gasteiger partial charge in [-0.05, 0) is 101 Å². The molecular weight excluding hydrogens is 851 g/mol. The number of furan rings is 1. The standard InChI is InChI=1S/C66H45NOSi/c1-4-19-47(20-5-1)57-30-16-17-34-63(57)67(52-40-42-60-62-41-37-48-21-10-13-31-58(48)66(62)68-64(60)45-52)51-38-35-46(36-39-51)49-23-18-28-55(43-49)69(53-24-6-2-7-25-53,54-26-8-3-9-27-54)65-44-50-22-11-12-29-56(50)59-32-14-15-33-61(59)65/h1-45H. The molecule has 13 aromatic rings. The Hall–Kier alpha value is -8.76. The van der Waals surface area contributed by atoms with E-state index in [4.69, 9.17) is 4.42 Å². The highest BCUT2D eigenvalue weighted by Gasteiger charge is 2.43. The lowest BCUT2D eigenvalue weighted by Gasteiger charge is -2.36. The van der Waals surface area contributed by atoms with Gasteiger partial charge in [-0.25, -0.2) is 0 Å². The molecule has 13 rings (SSSR count). The maximum atomic E-state index is 6.78. The van der Waals surface area contributed by atoms with Crippen molar-refractivity contribution in [2.45, 2.75) is 0 Å². The fourth-order valence-electron chi connectivity index (χ4n) is 11.0. The van der Waals surface area contributed by atoms with Gasteiger partial charge in [-0.2, -0.15) is 0 Å². The Kier molecular flexibility index (Phi) is 9.88. The number of anilines is 3. The van der Waals surface area contributed by atoms with Crippen LogP contribution in [0.1, 0.15) is 0 Å². The summed E-state index contributed by atoms with van der Waals surface area (Å²) < 4.78 is 6.78. The van der Waals surface area contributed by atoms with E-state index < -0.39 is 8.07 Å². The third kappa shape index (κ3) is 6.78. The topological polar surface area (TPSA) is 16.4 Å². The van der Waals surface area contributed by atoms with Gasteiger partial charge in [0.2, 0.25) is 0 Å². The number of nitrogens with zero attached hydrogens (tertiary/aromatic N) is 1. The second kappa shape index (κ2) is 16.8. The molecule has 1 heterocycles. The first-order valence-electron chi connectivity index (χ1n) is 23.7. The Balaban J connectivity index is 0.985. The highest BCUT2D eigenvalue weighted by molar-refractivity contribution is 7.20. The van der Waals surface area contributed by atoms with Crippen molar-refractivity contribution in [3.8, 4) is 22.3 Å². The molecule has 0 radical (unpaired) electrons. The van der Waals surface area contributed by atoms with Crippen LogP contribution >= 0.6 is 0 Å². The van der Waals surface area contributed by atoms with Crippen LogP contribution in [-0.2, 0) is 0 Å². The van der Waals surface area contributed by atoms with E-state index >= 15 is 0 Å². The van der Waals surface area contributed by atoms with Gasteiger partial charge in [-0.15, -0.1) is 0 Å². The van der Waals surface area contributed by atoms with Crippen molar-refractivity contribution in [2.75, 3.05) is 4.90 Å². The molecule has 2 nitrogen and oxygen atoms in total. The minimum Gasteiger partial charge on any atom is -0.455 e. The summed E-state index contributed by atoms with van der Waals surface area (Å²) in [6, 6.07) is 100. The van der Waals surface area contributed by atoms with Crippen LogP contribution in [0.5, 0.6) is 0 Å². The highest BCUT2D eigenvalue weighted by Crippen LogP contribution is 2.44. The summed E-state index contributed by atoms with van der Waals surface area (Å²) in [5, 5.41) is 15.1. The fraction of sp³-hybridized carbons (Fsp3) is 0. The third-order valence-electron chi connectivity index (χ3n) is 14.2. The van der Waals surface area contributed by atoms with E-state index in [1.807, 2.05) is 0 Å². The molecule has 1 aromatic heterocycles. The van der Waals surface area contributed by atoms with E-state index in [0.717, 1.165) is 61.1 Å². The summed E-state index contributed by atoms with van der Waals surface area (Å²) in [5.74, 6) is 0. The van der Waals surface area contributed by atoms with E-state index in [-0.39, 0.29) is 0 Å². The van der Waals surface area contributed by atoms with Crippen molar-refractivity contribution in [2.24, 2.45) is 0 Å². The van der Waals surface area contributed by atoms with E-state index in [2.05, 4.69) is 278 Å². The zero-order valence-corrected chi connectivity index (χ0v) is 38.8. The number of benzene rings is 12. The minimum atomic E-state index is -2.97. The van der Waals surface area contributed by atoms with Gasteiger partial charge in [0.15, 0.2) is 8.07 Å². The number of para-hydroxylation sites is 1. The fourth-order valence-corrected chi connectivity index (χ4v) is 16.1. The molecular formula is C66H45NOSi. The monoisotopic (exact) mass is 895 g/mol. The lowest BCUT2D eigenvalue weighted by molar-refractivity contribution is 0.672. The molecule has 12 aromatic carbocycles. The van der Waals surface area contributed by atoms with Gasteiger partial charge in [0, 0.05) is 39.2 Å². The summed E-state index contributed by atoms with van der Waals surface area (Å²) >= 11 is 0. The predicted molar refractivity (Wildman–Crippen MR) is 295 cm³/mol. The molecule has 324 valence electrons. The molecule has 0 bridgehead atoms. The van der Waals surface area contributed by atoms with E-state index in [0.29, 0.717) is 0 Å². The molecule has 0 aliphatic carbocycles. The zero-order chi connectivity index (χ0) is 45.7. The number of fused-ring (bicyclic) bond motifs is 8. The molecule has 3 heteroatoms. The number of hydrogen-bond acceptors (Lipinski definition) is 2. The molecule has 0 fully saturated rings. The van der Waals surface area contributed by atoms with Crippen LogP contribution in [0.2, 0.25) is 0 Å². The van der Waals surface area contributed by atoms with Gasteiger partial charge in [0.1, 0.15) is 11.2 Å². The van der Waals surface area contributed by atoms with Crippen LogP contribution in [0, 0.1) is 0 Å². The second-order valence-corrected chi connectivity index (χ2v) is 21.7. The highest BCUT2D eigenvalue weighted by atomic mass is 28.3. The van der Waals surface area contributed by atoms with Gasteiger partial charge in [0.25, 0.3) is 0 Å². The quantitative estimate of drug-likeness (QED) is 0.0815. The van der Waals surface area contributed by atoms with Crippen molar-refractivity contribution >= 4 is 100 Å². The maximum absolute atomic E-state index is 6.78. The Morgan fingerprint density at radius 3 is 1.62 bits per heavy atom. The van der Waals surface area contributed by atoms with Gasteiger partial charge in [0.05, 0.1) is 5.69 Å². The maximum Gasteiger partial charge on any atom is 0.180 e. The molecule has 0 saturated carbocycles. The molecule has 0 aliphatic rings. The smallest absolute Gasteiger partial charge is 0.180 e. The average molecular weight is 896 g/mol. The lowest BCUT2D eigenvalue weighted by Crippen LogP contribution is -2.74. The van der Waals surface area contributed by atoms with Crippen molar-refractivity contribution in [1.82, 2.24) is 0 Å². The third-order valence-corrected chi connectivity index (χ3v) is 19.0. The molecule has 0 N–H and O–H groups in total. The predicted octanol–water partition coefficient (Wildman–Crippen LogP) is 15.2. The van der Waals surface area contributed by atoms with Crippen LogP contribution in [0.4, 0.5) is 17.1 Å². The number of rotatable bonds is 9. The van der Waals surface area contributed by atoms with Gasteiger partial charge >= 0.3 is 0 Å². The first kappa shape index (κ1) is 40.5. The molecule has 0 amide bonds. The van der Waals surface area contributed by atoms with E-state index in [9.17, 15) is 0 Å². The first-order valence-corrected chi connectivity index (χ1v) is 25.7. The molecule has 0 spiro atoms. The average Bonchev–Trinajstić information content (AvgIpc) is 3.81. The van der Waals surface area contributed by atoms with Crippen molar-refractivity contribution < 1.29 is 4.42 Å². The molecule has 0 atom stereocenters. The van der Waals surface area contributed by atoms with Gasteiger partial charge in [-0.3, -0.25) is 0 Å². The van der Waals surface area contributed by atoms with Crippen LogP contribution < -0.4 is 25.6 Å². The summed E-state index contributed by atoms with van der Waals surface area (Å²) in [6.45, 7) is 0. The Labute approximate surface area is 402 Å². The molecule has 0 aliphatic heterocycles. The van der Waals surface area contributed by atoms with Crippen LogP contribution in [0.15, 0.2) is 277 Å². The Bertz CT molecular complexity index is 3970. The van der Waals surface area contributed by atoms with E-state index in [1.165, 1.54) is 53.2 Å². The molecule has 0 saturated heterocycles. The summed E-state index contributed by atoms with van der Waals surface area (Å²) in [4.78, 5) is 2.38. The Morgan fingerprint density at radius 2 is 0.870 bits per heavy atom. The summed E-state index contributed by atoms with van der Waals surface area (Å²) in [5.41, 5.74) is 9.59. The summed E-state index contributed by atoms with van der Waals surface area (Å²) in [6.07, 6.45) is 0. The van der Waals surface area contributed by atoms with Crippen molar-refractivity contribution in [1.29, 1.82) is 0 Å². The summed E-state index contributed by atoms with van der Waals surface area (Å²) in [7, 11) is -2.97. The lowest BCUT2D eigenvalue weighted by atomic mass is 10.0. The molecule has 0 unspecified atom stereocenters. The molecule has 69 heavy (non-hydrogen) atoms. The zero-order valence-electron chi connectivity index (χ0n) is 37.8.